The maximum absolute atomic E-state index is 12.6. The second-order valence-corrected chi connectivity index (χ2v) is 8.07. The van der Waals surface area contributed by atoms with Crippen LogP contribution in [0.1, 0.15) is 24.0 Å². The monoisotopic (exact) mass is 328 g/mol. The molecule has 1 aliphatic carbocycles. The third-order valence-electron chi connectivity index (χ3n) is 3.87. The van der Waals surface area contributed by atoms with Gasteiger partial charge in [-0.1, -0.05) is 18.3 Å². The molecule has 7 heteroatoms. The highest BCUT2D eigenvalue weighted by atomic mass is 32.2. The van der Waals surface area contributed by atoms with Crippen LogP contribution in [0.15, 0.2) is 23.1 Å². The quantitative estimate of drug-likeness (QED) is 0.789. The Morgan fingerprint density at radius 3 is 2.57 bits per heavy atom. The molecular formula is C14H20N2O3S2. The van der Waals surface area contributed by atoms with Gasteiger partial charge in [-0.15, -0.1) is 0 Å². The fraction of sp³-hybridized carbons (Fsp3) is 0.500. The van der Waals surface area contributed by atoms with Crippen molar-refractivity contribution in [3.63, 3.8) is 0 Å². The van der Waals surface area contributed by atoms with Crippen LogP contribution in [0.5, 0.6) is 0 Å². The number of aliphatic hydroxyl groups excluding tert-OH is 1. The number of rotatable bonds is 5. The van der Waals surface area contributed by atoms with Crippen LogP contribution < -0.4 is 5.73 Å². The van der Waals surface area contributed by atoms with Crippen LogP contribution in [-0.4, -0.2) is 42.5 Å². The van der Waals surface area contributed by atoms with E-state index in [0.717, 1.165) is 0 Å². The minimum Gasteiger partial charge on any atom is -0.393 e. The summed E-state index contributed by atoms with van der Waals surface area (Å²) in [4.78, 5) is 0.517. The Bertz CT molecular complexity index is 652. The van der Waals surface area contributed by atoms with Crippen LogP contribution in [0.2, 0.25) is 0 Å². The predicted molar refractivity (Wildman–Crippen MR) is 85.6 cm³/mol. The lowest BCUT2D eigenvalue weighted by Gasteiger charge is -2.34. The van der Waals surface area contributed by atoms with Crippen LogP contribution in [0, 0.1) is 12.8 Å². The van der Waals surface area contributed by atoms with Crippen molar-refractivity contribution in [1.29, 1.82) is 0 Å². The highest BCUT2D eigenvalue weighted by molar-refractivity contribution is 7.89. The average Bonchev–Trinajstić information content (AvgIpc) is 2.36. The zero-order valence-electron chi connectivity index (χ0n) is 12.1. The normalized spacial score (nSPS) is 22.1. The van der Waals surface area contributed by atoms with Crippen LogP contribution in [0.3, 0.4) is 0 Å². The SMILES string of the molecule is Cc1cc(C(N)=S)ccc1S(=O)(=O)N(C)CC1CC(O)C1. The number of hydrogen-bond acceptors (Lipinski definition) is 4. The summed E-state index contributed by atoms with van der Waals surface area (Å²) in [6.07, 6.45) is 1.05. The molecule has 1 aromatic carbocycles. The molecule has 0 radical (unpaired) electrons. The fourth-order valence-electron chi connectivity index (χ4n) is 2.57. The minimum atomic E-state index is -3.53. The summed E-state index contributed by atoms with van der Waals surface area (Å²) in [6, 6.07) is 4.87. The average molecular weight is 328 g/mol. The molecule has 0 heterocycles. The van der Waals surface area contributed by atoms with E-state index < -0.39 is 10.0 Å². The summed E-state index contributed by atoms with van der Waals surface area (Å²) >= 11 is 4.90. The number of aliphatic hydroxyl groups is 1. The molecule has 5 nitrogen and oxygen atoms in total. The number of benzene rings is 1. The minimum absolute atomic E-state index is 0.232. The van der Waals surface area contributed by atoms with E-state index >= 15 is 0 Å². The van der Waals surface area contributed by atoms with Gasteiger partial charge in [0.25, 0.3) is 0 Å². The van der Waals surface area contributed by atoms with Gasteiger partial charge in [-0.3, -0.25) is 0 Å². The van der Waals surface area contributed by atoms with Gasteiger partial charge in [-0.25, -0.2) is 12.7 Å². The lowest BCUT2D eigenvalue weighted by molar-refractivity contribution is 0.0367. The third-order valence-corrected chi connectivity index (χ3v) is 6.09. The number of thiocarbonyl (C=S) groups is 1. The number of hydrogen-bond donors (Lipinski definition) is 2. The maximum atomic E-state index is 12.6. The van der Waals surface area contributed by atoms with Crippen molar-refractivity contribution in [2.24, 2.45) is 11.7 Å². The van der Waals surface area contributed by atoms with Crippen molar-refractivity contribution >= 4 is 27.2 Å². The maximum Gasteiger partial charge on any atom is 0.243 e. The number of nitrogens with two attached hydrogens (primary N) is 1. The zero-order chi connectivity index (χ0) is 15.8. The first-order chi connectivity index (χ1) is 9.71. The first-order valence-electron chi connectivity index (χ1n) is 6.76. The van der Waals surface area contributed by atoms with Crippen LogP contribution in [0.25, 0.3) is 0 Å². The van der Waals surface area contributed by atoms with Gasteiger partial charge >= 0.3 is 0 Å². The summed E-state index contributed by atoms with van der Waals surface area (Å²) < 4.78 is 26.5. The summed E-state index contributed by atoms with van der Waals surface area (Å²) in [5.74, 6) is 0.232. The zero-order valence-corrected chi connectivity index (χ0v) is 13.7. The molecule has 0 atom stereocenters. The molecule has 0 unspecified atom stereocenters. The highest BCUT2D eigenvalue weighted by Crippen LogP contribution is 2.29. The van der Waals surface area contributed by atoms with E-state index in [1.807, 2.05) is 0 Å². The molecule has 3 N–H and O–H groups in total. The Labute approximate surface area is 130 Å². The Kier molecular flexibility index (Phi) is 4.67. The smallest absolute Gasteiger partial charge is 0.243 e. The number of sulfonamides is 1. The third kappa shape index (κ3) is 3.42. The van der Waals surface area contributed by atoms with Crippen LogP contribution in [0.4, 0.5) is 0 Å². The molecular weight excluding hydrogens is 308 g/mol. The molecule has 0 aliphatic heterocycles. The number of aryl methyl sites for hydroxylation is 1. The molecule has 116 valence electrons. The van der Waals surface area contributed by atoms with Gasteiger partial charge in [-0.2, -0.15) is 0 Å². The molecule has 1 aliphatic rings. The van der Waals surface area contributed by atoms with E-state index in [9.17, 15) is 13.5 Å². The van der Waals surface area contributed by atoms with Crippen molar-refractivity contribution < 1.29 is 13.5 Å². The summed E-state index contributed by atoms with van der Waals surface area (Å²) in [5, 5.41) is 9.29. The molecule has 1 fully saturated rings. The van der Waals surface area contributed by atoms with E-state index in [1.54, 1.807) is 32.2 Å². The molecule has 0 spiro atoms. The predicted octanol–water partition coefficient (Wildman–Crippen LogP) is 1.02. The largest absolute Gasteiger partial charge is 0.393 e. The molecule has 0 saturated heterocycles. The lowest BCUT2D eigenvalue weighted by Crippen LogP contribution is -2.39. The molecule has 0 bridgehead atoms. The second kappa shape index (κ2) is 6.00. The molecule has 0 aromatic heterocycles. The number of nitrogens with zero attached hydrogens (tertiary/aromatic N) is 1. The van der Waals surface area contributed by atoms with Crippen molar-refractivity contribution in [2.45, 2.75) is 30.8 Å². The highest BCUT2D eigenvalue weighted by Gasteiger charge is 2.32. The first-order valence-corrected chi connectivity index (χ1v) is 8.61. The Morgan fingerprint density at radius 2 is 2.10 bits per heavy atom. The van der Waals surface area contributed by atoms with E-state index in [1.165, 1.54) is 4.31 Å². The van der Waals surface area contributed by atoms with Gasteiger partial charge < -0.3 is 10.8 Å². The van der Waals surface area contributed by atoms with Crippen molar-refractivity contribution in [3.8, 4) is 0 Å². The van der Waals surface area contributed by atoms with Gasteiger partial charge in [0, 0.05) is 19.2 Å². The van der Waals surface area contributed by atoms with Gasteiger partial charge in [0.1, 0.15) is 4.99 Å². The molecule has 2 rings (SSSR count). The topological polar surface area (TPSA) is 83.6 Å². The molecule has 0 amide bonds. The second-order valence-electron chi connectivity index (χ2n) is 5.62. The van der Waals surface area contributed by atoms with E-state index in [-0.39, 0.29) is 21.9 Å². The van der Waals surface area contributed by atoms with Crippen molar-refractivity contribution in [2.75, 3.05) is 13.6 Å². The van der Waals surface area contributed by atoms with E-state index in [0.29, 0.717) is 30.5 Å². The van der Waals surface area contributed by atoms with Gasteiger partial charge in [0.2, 0.25) is 10.0 Å². The fourth-order valence-corrected chi connectivity index (χ4v) is 4.15. The molecule has 1 saturated carbocycles. The van der Waals surface area contributed by atoms with Gasteiger partial charge in [0.15, 0.2) is 0 Å². The first kappa shape index (κ1) is 16.4. The van der Waals surface area contributed by atoms with Gasteiger partial charge in [-0.05, 0) is 43.4 Å². The molecule has 21 heavy (non-hydrogen) atoms. The Hall–Kier alpha value is -1.02. The molecule has 1 aromatic rings. The van der Waals surface area contributed by atoms with Gasteiger partial charge in [0.05, 0.1) is 11.0 Å². The summed E-state index contributed by atoms with van der Waals surface area (Å²) in [7, 11) is -1.96. The van der Waals surface area contributed by atoms with Crippen molar-refractivity contribution in [1.82, 2.24) is 4.31 Å². The Balaban J connectivity index is 2.20. The standard InChI is InChI=1S/C14H20N2O3S2/c1-9-5-11(14(15)20)3-4-13(9)21(18,19)16(2)8-10-6-12(17)7-10/h3-5,10,12,17H,6-8H2,1-2H3,(H2,15,20). The lowest BCUT2D eigenvalue weighted by atomic mass is 9.82. The van der Waals surface area contributed by atoms with Crippen LogP contribution >= 0.6 is 12.2 Å². The van der Waals surface area contributed by atoms with E-state index in [4.69, 9.17) is 18.0 Å². The summed E-state index contributed by atoms with van der Waals surface area (Å²) in [6.45, 7) is 2.16. The van der Waals surface area contributed by atoms with E-state index in [2.05, 4.69) is 0 Å². The summed E-state index contributed by atoms with van der Waals surface area (Å²) in [5.41, 5.74) is 6.84. The van der Waals surface area contributed by atoms with Crippen LogP contribution in [-0.2, 0) is 10.0 Å². The Morgan fingerprint density at radius 1 is 1.48 bits per heavy atom. The van der Waals surface area contributed by atoms with Crippen molar-refractivity contribution in [3.05, 3.63) is 29.3 Å².